The van der Waals surface area contributed by atoms with Crippen LogP contribution in [-0.4, -0.2) is 48.4 Å². The highest BCUT2D eigenvalue weighted by atomic mass is 16.2. The zero-order valence-corrected chi connectivity index (χ0v) is 13.4. The van der Waals surface area contributed by atoms with Gasteiger partial charge >= 0.3 is 0 Å². The fourth-order valence-electron chi connectivity index (χ4n) is 2.31. The van der Waals surface area contributed by atoms with Crippen molar-refractivity contribution in [2.45, 2.75) is 33.2 Å². The molecule has 4 heteroatoms. The van der Waals surface area contributed by atoms with Crippen LogP contribution in [0.4, 0.5) is 0 Å². The fraction of sp³-hybridized carbons (Fsp3) is 0.588. The van der Waals surface area contributed by atoms with E-state index >= 15 is 0 Å². The number of hydrogen-bond acceptors (Lipinski definition) is 3. The summed E-state index contributed by atoms with van der Waals surface area (Å²) in [5.41, 5.74) is 6.69. The van der Waals surface area contributed by atoms with Crippen molar-refractivity contribution in [2.75, 3.05) is 32.7 Å². The highest BCUT2D eigenvalue weighted by Gasteiger charge is 2.14. The normalized spacial score (nSPS) is 10.9. The van der Waals surface area contributed by atoms with Gasteiger partial charge in [0.2, 0.25) is 5.91 Å². The molecule has 0 saturated heterocycles. The first-order chi connectivity index (χ1) is 10.2. The molecule has 0 unspecified atom stereocenters. The Kier molecular flexibility index (Phi) is 8.71. The van der Waals surface area contributed by atoms with Gasteiger partial charge in [0.15, 0.2) is 0 Å². The average Bonchev–Trinajstić information content (AvgIpc) is 2.53. The minimum Gasteiger partial charge on any atom is -0.337 e. The average molecular weight is 291 g/mol. The number of likely N-dealkylation sites (N-methyl/N-ethyl adjacent to an activating group) is 1. The molecule has 0 spiro atoms. The van der Waals surface area contributed by atoms with Crippen LogP contribution >= 0.6 is 0 Å². The molecule has 0 atom stereocenters. The van der Waals surface area contributed by atoms with Crippen LogP contribution in [0.25, 0.3) is 0 Å². The summed E-state index contributed by atoms with van der Waals surface area (Å²) >= 11 is 0. The number of benzene rings is 1. The van der Waals surface area contributed by atoms with E-state index in [2.05, 4.69) is 30.9 Å². The molecule has 1 rings (SSSR count). The minimum absolute atomic E-state index is 0.205. The van der Waals surface area contributed by atoms with Crippen LogP contribution < -0.4 is 5.73 Å². The van der Waals surface area contributed by atoms with Crippen molar-refractivity contribution in [1.29, 1.82) is 0 Å². The highest BCUT2D eigenvalue weighted by molar-refractivity contribution is 5.76. The van der Waals surface area contributed by atoms with E-state index in [9.17, 15) is 4.79 Å². The number of carbonyl (C=O) groups is 1. The summed E-state index contributed by atoms with van der Waals surface area (Å²) in [4.78, 5) is 16.7. The predicted molar refractivity (Wildman–Crippen MR) is 87.9 cm³/mol. The number of nitrogens with two attached hydrogens (primary N) is 1. The van der Waals surface area contributed by atoms with Crippen molar-refractivity contribution in [3.05, 3.63) is 35.9 Å². The molecular formula is C17H29N3O. The third-order valence-electron chi connectivity index (χ3n) is 3.74. The third-order valence-corrected chi connectivity index (χ3v) is 3.74. The van der Waals surface area contributed by atoms with Gasteiger partial charge in [0.05, 0.1) is 0 Å². The molecule has 0 fully saturated rings. The lowest BCUT2D eigenvalue weighted by Crippen LogP contribution is -2.38. The van der Waals surface area contributed by atoms with Gasteiger partial charge in [-0.25, -0.2) is 0 Å². The quantitative estimate of drug-likeness (QED) is 0.718. The van der Waals surface area contributed by atoms with Gasteiger partial charge in [0.1, 0.15) is 0 Å². The first-order valence-electron chi connectivity index (χ1n) is 7.95. The minimum atomic E-state index is 0.205. The molecule has 4 nitrogen and oxygen atoms in total. The van der Waals surface area contributed by atoms with E-state index in [0.29, 0.717) is 19.5 Å². The third kappa shape index (κ3) is 6.74. The summed E-state index contributed by atoms with van der Waals surface area (Å²) in [5.74, 6) is 0.205. The molecule has 0 bridgehead atoms. The van der Waals surface area contributed by atoms with Crippen LogP contribution in [0.3, 0.4) is 0 Å². The van der Waals surface area contributed by atoms with Crippen molar-refractivity contribution in [3.63, 3.8) is 0 Å². The maximum atomic E-state index is 12.3. The summed E-state index contributed by atoms with van der Waals surface area (Å²) < 4.78 is 0. The molecule has 0 aromatic heterocycles. The molecule has 0 saturated carbocycles. The fourth-order valence-corrected chi connectivity index (χ4v) is 2.31. The van der Waals surface area contributed by atoms with Crippen molar-refractivity contribution >= 4 is 5.91 Å². The van der Waals surface area contributed by atoms with Crippen LogP contribution in [0.1, 0.15) is 32.3 Å². The monoisotopic (exact) mass is 291 g/mol. The van der Waals surface area contributed by atoms with Gasteiger partial charge in [-0.2, -0.15) is 0 Å². The van der Waals surface area contributed by atoms with Crippen molar-refractivity contribution in [3.8, 4) is 0 Å². The second kappa shape index (κ2) is 10.4. The molecule has 1 aromatic carbocycles. The SMILES string of the molecule is CCN(CC)CCN(Cc1ccccc1)C(=O)CCCN. The van der Waals surface area contributed by atoms with Gasteiger partial charge in [0.25, 0.3) is 0 Å². The van der Waals surface area contributed by atoms with Crippen LogP contribution in [0.2, 0.25) is 0 Å². The second-order valence-corrected chi connectivity index (χ2v) is 5.22. The van der Waals surface area contributed by atoms with E-state index < -0.39 is 0 Å². The zero-order valence-electron chi connectivity index (χ0n) is 13.4. The van der Waals surface area contributed by atoms with Crippen molar-refractivity contribution < 1.29 is 4.79 Å². The van der Waals surface area contributed by atoms with Gasteiger partial charge in [0, 0.05) is 26.1 Å². The van der Waals surface area contributed by atoms with Crippen LogP contribution in [0.15, 0.2) is 30.3 Å². The van der Waals surface area contributed by atoms with E-state index in [1.54, 1.807) is 0 Å². The van der Waals surface area contributed by atoms with Crippen LogP contribution in [-0.2, 0) is 11.3 Å². The van der Waals surface area contributed by atoms with Crippen LogP contribution in [0.5, 0.6) is 0 Å². The Hall–Kier alpha value is -1.39. The lowest BCUT2D eigenvalue weighted by Gasteiger charge is -2.26. The van der Waals surface area contributed by atoms with Gasteiger partial charge in [-0.05, 0) is 31.6 Å². The van der Waals surface area contributed by atoms with E-state index in [1.807, 2.05) is 23.1 Å². The van der Waals surface area contributed by atoms with Gasteiger partial charge in [-0.15, -0.1) is 0 Å². The summed E-state index contributed by atoms with van der Waals surface area (Å²) in [6.07, 6.45) is 1.30. The maximum Gasteiger partial charge on any atom is 0.222 e. The Bertz CT molecular complexity index is 390. The van der Waals surface area contributed by atoms with Crippen LogP contribution in [0, 0.1) is 0 Å². The lowest BCUT2D eigenvalue weighted by molar-refractivity contribution is -0.132. The lowest BCUT2D eigenvalue weighted by atomic mass is 10.2. The Morgan fingerprint density at radius 3 is 2.33 bits per heavy atom. The number of nitrogens with zero attached hydrogens (tertiary/aromatic N) is 2. The Morgan fingerprint density at radius 2 is 1.76 bits per heavy atom. The van der Waals surface area contributed by atoms with Crippen molar-refractivity contribution in [2.24, 2.45) is 5.73 Å². The van der Waals surface area contributed by atoms with Gasteiger partial charge in [-0.1, -0.05) is 44.2 Å². The largest absolute Gasteiger partial charge is 0.337 e. The number of rotatable bonds is 10. The topological polar surface area (TPSA) is 49.6 Å². The summed E-state index contributed by atoms with van der Waals surface area (Å²) in [6.45, 7) is 9.31. The highest BCUT2D eigenvalue weighted by Crippen LogP contribution is 2.07. The maximum absolute atomic E-state index is 12.3. The Labute approximate surface area is 128 Å². The molecule has 1 aromatic rings. The predicted octanol–water partition coefficient (Wildman–Crippen LogP) is 2.10. The number of carbonyl (C=O) groups excluding carboxylic acids is 1. The van der Waals surface area contributed by atoms with E-state index in [4.69, 9.17) is 5.73 Å². The Morgan fingerprint density at radius 1 is 1.10 bits per heavy atom. The first kappa shape index (κ1) is 17.7. The summed E-state index contributed by atoms with van der Waals surface area (Å²) in [5, 5.41) is 0. The van der Waals surface area contributed by atoms with E-state index in [-0.39, 0.29) is 5.91 Å². The second-order valence-electron chi connectivity index (χ2n) is 5.22. The molecule has 1 amide bonds. The molecule has 2 N–H and O–H groups in total. The smallest absolute Gasteiger partial charge is 0.222 e. The molecule has 0 radical (unpaired) electrons. The molecule has 0 aliphatic rings. The van der Waals surface area contributed by atoms with Crippen molar-refractivity contribution in [1.82, 2.24) is 9.80 Å². The molecule has 21 heavy (non-hydrogen) atoms. The summed E-state index contributed by atoms with van der Waals surface area (Å²) in [7, 11) is 0. The first-order valence-corrected chi connectivity index (χ1v) is 7.95. The number of amides is 1. The van der Waals surface area contributed by atoms with Gasteiger partial charge in [-0.3, -0.25) is 4.79 Å². The molecule has 118 valence electrons. The molecule has 0 heterocycles. The van der Waals surface area contributed by atoms with E-state index in [1.165, 1.54) is 5.56 Å². The Balaban J connectivity index is 2.62. The summed E-state index contributed by atoms with van der Waals surface area (Å²) in [6, 6.07) is 10.2. The van der Waals surface area contributed by atoms with Gasteiger partial charge < -0.3 is 15.5 Å². The standard InChI is InChI=1S/C17H29N3O/c1-3-19(4-2)13-14-20(17(21)11-8-12-18)15-16-9-6-5-7-10-16/h5-7,9-10H,3-4,8,11-15,18H2,1-2H3. The number of hydrogen-bond donors (Lipinski definition) is 1. The van der Waals surface area contributed by atoms with E-state index in [0.717, 1.165) is 32.6 Å². The molecular weight excluding hydrogens is 262 g/mol. The zero-order chi connectivity index (χ0) is 15.5. The molecule has 0 aliphatic heterocycles. The molecule has 0 aliphatic carbocycles.